The van der Waals surface area contributed by atoms with Crippen LogP contribution in [-0.4, -0.2) is 26.0 Å². The number of nitrogens with zero attached hydrogens (tertiary/aromatic N) is 3. The van der Waals surface area contributed by atoms with Crippen LogP contribution in [0.5, 0.6) is 11.8 Å². The van der Waals surface area contributed by atoms with Gasteiger partial charge in [0.05, 0.1) is 22.9 Å². The second kappa shape index (κ2) is 5.26. The van der Waals surface area contributed by atoms with Crippen molar-refractivity contribution >= 4 is 11.7 Å². The molecule has 102 valence electrons. The Morgan fingerprint density at radius 1 is 1.35 bits per heavy atom. The van der Waals surface area contributed by atoms with Crippen LogP contribution in [0, 0.1) is 15.9 Å². The molecule has 2 aromatic rings. The number of aromatic nitrogens is 2. The van der Waals surface area contributed by atoms with Gasteiger partial charge in [0.25, 0.3) is 0 Å². The summed E-state index contributed by atoms with van der Waals surface area (Å²) in [7, 11) is 0. The van der Waals surface area contributed by atoms with E-state index in [-0.39, 0.29) is 17.3 Å². The molecule has 0 saturated carbocycles. The third-order valence-electron chi connectivity index (χ3n) is 2.20. The Morgan fingerprint density at radius 2 is 2.00 bits per heavy atom. The third-order valence-corrected chi connectivity index (χ3v) is 2.20. The maximum Gasteiger partial charge on any atom is 0.335 e. The van der Waals surface area contributed by atoms with E-state index in [0.29, 0.717) is 0 Å². The lowest BCUT2D eigenvalue weighted by Gasteiger charge is -2.05. The fourth-order valence-electron chi connectivity index (χ4n) is 1.33. The highest BCUT2D eigenvalue weighted by molar-refractivity contribution is 5.88. The summed E-state index contributed by atoms with van der Waals surface area (Å²) in [6, 6.07) is 2.69. The molecule has 8 nitrogen and oxygen atoms in total. The minimum atomic E-state index is -1.27. The number of rotatable bonds is 4. The van der Waals surface area contributed by atoms with Gasteiger partial charge in [-0.3, -0.25) is 10.1 Å². The van der Waals surface area contributed by atoms with Gasteiger partial charge in [-0.1, -0.05) is 0 Å². The van der Waals surface area contributed by atoms with E-state index in [0.717, 1.165) is 30.6 Å². The zero-order valence-corrected chi connectivity index (χ0v) is 9.69. The minimum absolute atomic E-state index is 0.201. The topological polar surface area (TPSA) is 115 Å². The predicted molar refractivity (Wildman–Crippen MR) is 62.1 cm³/mol. The number of nitro groups is 1. The molecule has 0 aliphatic heterocycles. The quantitative estimate of drug-likeness (QED) is 0.672. The highest BCUT2D eigenvalue weighted by atomic mass is 19.1. The molecular weight excluding hydrogens is 273 g/mol. The van der Waals surface area contributed by atoms with Crippen molar-refractivity contribution in [1.82, 2.24) is 9.97 Å². The molecule has 9 heteroatoms. The number of carboxylic acids is 1. The van der Waals surface area contributed by atoms with Crippen LogP contribution in [0.15, 0.2) is 30.6 Å². The molecule has 0 aliphatic rings. The zero-order chi connectivity index (χ0) is 14.7. The van der Waals surface area contributed by atoms with Gasteiger partial charge in [0, 0.05) is 12.1 Å². The lowest BCUT2D eigenvalue weighted by molar-refractivity contribution is -0.385. The molecular formula is C11H6FN3O5. The molecule has 0 saturated heterocycles. The van der Waals surface area contributed by atoms with Crippen molar-refractivity contribution in [3.05, 3.63) is 52.1 Å². The van der Waals surface area contributed by atoms with Gasteiger partial charge in [0.2, 0.25) is 5.75 Å². The van der Waals surface area contributed by atoms with E-state index in [1.54, 1.807) is 0 Å². The summed E-state index contributed by atoms with van der Waals surface area (Å²) in [5, 5.41) is 19.7. The van der Waals surface area contributed by atoms with Crippen LogP contribution >= 0.6 is 0 Å². The van der Waals surface area contributed by atoms with Crippen molar-refractivity contribution in [3.8, 4) is 11.8 Å². The first kappa shape index (κ1) is 13.3. The number of halogens is 1. The number of aromatic carboxylic acids is 1. The summed E-state index contributed by atoms with van der Waals surface area (Å²) in [4.78, 5) is 27.8. The van der Waals surface area contributed by atoms with Crippen LogP contribution in [0.2, 0.25) is 0 Å². The highest BCUT2D eigenvalue weighted by Crippen LogP contribution is 2.30. The smallest absolute Gasteiger partial charge is 0.335 e. The first-order valence-electron chi connectivity index (χ1n) is 5.14. The first-order valence-corrected chi connectivity index (χ1v) is 5.14. The lowest BCUT2D eigenvalue weighted by Crippen LogP contribution is -2.01. The Bertz CT molecular complexity index is 674. The number of benzene rings is 1. The standard InChI is InChI=1S/C11H6FN3O5/c12-7-4-13-11(14-5-7)20-9-3-6(10(16)17)1-2-8(9)15(18)19/h1-5H,(H,16,17). The number of hydrogen-bond donors (Lipinski definition) is 1. The second-order valence-corrected chi connectivity index (χ2v) is 3.53. The van der Waals surface area contributed by atoms with Gasteiger partial charge in [-0.25, -0.2) is 19.2 Å². The monoisotopic (exact) mass is 279 g/mol. The maximum absolute atomic E-state index is 12.6. The Balaban J connectivity index is 2.41. The van der Waals surface area contributed by atoms with Crippen molar-refractivity contribution in [2.45, 2.75) is 0 Å². The lowest BCUT2D eigenvalue weighted by atomic mass is 10.2. The van der Waals surface area contributed by atoms with Gasteiger partial charge in [0.15, 0.2) is 5.82 Å². The van der Waals surface area contributed by atoms with E-state index in [1.165, 1.54) is 0 Å². The Morgan fingerprint density at radius 3 is 2.55 bits per heavy atom. The summed E-state index contributed by atoms with van der Waals surface area (Å²) in [5.74, 6) is -2.32. The molecule has 0 amide bonds. The molecule has 0 atom stereocenters. The van der Waals surface area contributed by atoms with Crippen molar-refractivity contribution in [2.75, 3.05) is 0 Å². The molecule has 0 bridgehead atoms. The summed E-state index contributed by atoms with van der Waals surface area (Å²) in [6.07, 6.45) is 1.63. The van der Waals surface area contributed by atoms with E-state index in [4.69, 9.17) is 9.84 Å². The van der Waals surface area contributed by atoms with Crippen LogP contribution in [0.4, 0.5) is 10.1 Å². The average molecular weight is 279 g/mol. The zero-order valence-electron chi connectivity index (χ0n) is 9.69. The largest absolute Gasteiger partial charge is 0.478 e. The molecule has 2 rings (SSSR count). The third kappa shape index (κ3) is 2.83. The number of hydrogen-bond acceptors (Lipinski definition) is 6. The van der Waals surface area contributed by atoms with Gasteiger partial charge in [-0.15, -0.1) is 0 Å². The summed E-state index contributed by atoms with van der Waals surface area (Å²) < 4.78 is 17.7. The fraction of sp³-hybridized carbons (Fsp3) is 0. The van der Waals surface area contributed by atoms with E-state index in [9.17, 15) is 19.3 Å². The molecule has 20 heavy (non-hydrogen) atoms. The first-order chi connectivity index (χ1) is 9.47. The molecule has 1 N–H and O–H groups in total. The maximum atomic E-state index is 12.6. The van der Waals surface area contributed by atoms with Crippen LogP contribution in [0.1, 0.15) is 10.4 Å². The molecule has 1 aromatic heterocycles. The Kier molecular flexibility index (Phi) is 3.51. The Hall–Kier alpha value is -3.10. The molecule has 0 fully saturated rings. The molecule has 0 unspecified atom stereocenters. The number of carboxylic acid groups (broad SMARTS) is 1. The normalized spacial score (nSPS) is 10.1. The molecule has 0 spiro atoms. The number of carbonyl (C=O) groups is 1. The molecule has 1 aromatic carbocycles. The SMILES string of the molecule is O=C(O)c1ccc([N+](=O)[O-])c(Oc2ncc(F)cn2)c1. The van der Waals surface area contributed by atoms with E-state index in [1.807, 2.05) is 0 Å². The van der Waals surface area contributed by atoms with Crippen LogP contribution < -0.4 is 4.74 Å². The summed E-state index contributed by atoms with van der Waals surface area (Å²) >= 11 is 0. The number of ether oxygens (including phenoxy) is 1. The molecule has 0 aliphatic carbocycles. The van der Waals surface area contributed by atoms with Crippen molar-refractivity contribution in [3.63, 3.8) is 0 Å². The molecule has 1 heterocycles. The van der Waals surface area contributed by atoms with E-state index in [2.05, 4.69) is 9.97 Å². The van der Waals surface area contributed by atoms with Crippen molar-refractivity contribution in [2.24, 2.45) is 0 Å². The fourth-order valence-corrected chi connectivity index (χ4v) is 1.33. The highest BCUT2D eigenvalue weighted by Gasteiger charge is 2.19. The van der Waals surface area contributed by atoms with Crippen molar-refractivity contribution < 1.29 is 24.0 Å². The number of nitro benzene ring substituents is 1. The van der Waals surface area contributed by atoms with Gasteiger partial charge in [-0.05, 0) is 6.07 Å². The summed E-state index contributed by atoms with van der Waals surface area (Å²) in [5.41, 5.74) is -0.657. The average Bonchev–Trinajstić information content (AvgIpc) is 2.41. The van der Waals surface area contributed by atoms with E-state index >= 15 is 0 Å². The van der Waals surface area contributed by atoms with E-state index < -0.39 is 22.4 Å². The van der Waals surface area contributed by atoms with Gasteiger partial charge in [-0.2, -0.15) is 0 Å². The second-order valence-electron chi connectivity index (χ2n) is 3.53. The summed E-state index contributed by atoms with van der Waals surface area (Å²) in [6.45, 7) is 0. The molecule has 0 radical (unpaired) electrons. The van der Waals surface area contributed by atoms with Crippen LogP contribution in [0.25, 0.3) is 0 Å². The van der Waals surface area contributed by atoms with Crippen LogP contribution in [0.3, 0.4) is 0 Å². The van der Waals surface area contributed by atoms with Gasteiger partial charge < -0.3 is 9.84 Å². The minimum Gasteiger partial charge on any atom is -0.478 e. The van der Waals surface area contributed by atoms with Crippen molar-refractivity contribution in [1.29, 1.82) is 0 Å². The Labute approximate surface area is 110 Å². The van der Waals surface area contributed by atoms with Gasteiger partial charge in [0.1, 0.15) is 0 Å². The van der Waals surface area contributed by atoms with Crippen LogP contribution in [-0.2, 0) is 0 Å². The predicted octanol–water partition coefficient (Wildman–Crippen LogP) is 2.01. The van der Waals surface area contributed by atoms with Gasteiger partial charge >= 0.3 is 17.7 Å².